The van der Waals surface area contributed by atoms with Crippen molar-refractivity contribution in [2.24, 2.45) is 50.2 Å². The fourth-order valence-corrected chi connectivity index (χ4v) is 11.2. The third-order valence-electron chi connectivity index (χ3n) is 13.7. The average molecular weight is 529 g/mol. The number of esters is 2. The van der Waals surface area contributed by atoms with Gasteiger partial charge in [-0.05, 0) is 91.3 Å². The number of methoxy groups -OCH3 is 1. The van der Waals surface area contributed by atoms with Gasteiger partial charge >= 0.3 is 11.9 Å². The summed E-state index contributed by atoms with van der Waals surface area (Å²) in [7, 11) is 1.51. The lowest BCUT2D eigenvalue weighted by Crippen LogP contribution is -2.66. The van der Waals surface area contributed by atoms with Crippen LogP contribution in [0.15, 0.2) is 11.6 Å². The van der Waals surface area contributed by atoms with E-state index >= 15 is 0 Å². The van der Waals surface area contributed by atoms with Gasteiger partial charge in [0.05, 0.1) is 18.6 Å². The van der Waals surface area contributed by atoms with Gasteiger partial charge in [-0.3, -0.25) is 9.59 Å². The Bertz CT molecular complexity index is 1040. The first kappa shape index (κ1) is 28.2. The Morgan fingerprint density at radius 2 is 1.55 bits per heavy atom. The molecule has 5 heteroatoms. The molecule has 0 aliphatic heterocycles. The smallest absolute Gasteiger partial charge is 0.312 e. The molecule has 5 aliphatic carbocycles. The summed E-state index contributed by atoms with van der Waals surface area (Å²) < 4.78 is 11.3. The van der Waals surface area contributed by atoms with Gasteiger partial charge in [0.1, 0.15) is 6.10 Å². The van der Waals surface area contributed by atoms with Crippen molar-refractivity contribution in [3.05, 3.63) is 11.6 Å². The molecule has 0 amide bonds. The molecule has 9 atom stereocenters. The molecular weight excluding hydrogens is 476 g/mol. The van der Waals surface area contributed by atoms with Crippen LogP contribution in [0.25, 0.3) is 0 Å². The molecule has 0 bridgehead atoms. The van der Waals surface area contributed by atoms with Crippen molar-refractivity contribution >= 4 is 11.9 Å². The number of hydrogen-bond acceptors (Lipinski definition) is 5. The van der Waals surface area contributed by atoms with Crippen molar-refractivity contribution in [2.45, 2.75) is 125 Å². The van der Waals surface area contributed by atoms with Gasteiger partial charge in [-0.2, -0.15) is 0 Å². The number of ether oxygens (including phenoxy) is 2. The Kier molecular flexibility index (Phi) is 6.36. The third-order valence-corrected chi connectivity index (χ3v) is 13.7. The molecular formula is C33H52O5. The number of carbonyl (C=O) groups excluding carboxylic acids is 2. The lowest BCUT2D eigenvalue weighted by molar-refractivity contribution is -0.218. The van der Waals surface area contributed by atoms with E-state index in [1.54, 1.807) is 0 Å². The monoisotopic (exact) mass is 528 g/mol. The van der Waals surface area contributed by atoms with Crippen molar-refractivity contribution in [1.82, 2.24) is 0 Å². The largest absolute Gasteiger partial charge is 0.469 e. The van der Waals surface area contributed by atoms with Gasteiger partial charge < -0.3 is 14.6 Å². The number of aliphatic hydroxyl groups is 1. The number of allylic oxidation sites excluding steroid dienone is 1. The molecule has 5 rings (SSSR count). The van der Waals surface area contributed by atoms with E-state index in [0.717, 1.165) is 57.8 Å². The van der Waals surface area contributed by atoms with Crippen LogP contribution in [0.1, 0.15) is 113 Å². The standard InChI is InChI=1S/C33H52O5/c1-20(34)38-24-13-14-30(6)22(29(24,4)5)12-15-32(8)23(30)11-10-21-25-26(35)28(2,3)16-18-33(25,27(36)37-9)19-17-31(21,32)7/h10,22-26,35H,11-19H2,1-9H3/t22-,23+,24-,25+,26+,30-,31+,32+,33-/m0/s1. The van der Waals surface area contributed by atoms with Gasteiger partial charge in [-0.15, -0.1) is 0 Å². The molecule has 38 heavy (non-hydrogen) atoms. The predicted octanol–water partition coefficient (Wildman–Crippen LogP) is 6.86. The quantitative estimate of drug-likeness (QED) is 0.313. The van der Waals surface area contributed by atoms with Crippen LogP contribution in [0.5, 0.6) is 0 Å². The number of aliphatic hydroxyl groups excluding tert-OH is 1. The van der Waals surface area contributed by atoms with E-state index < -0.39 is 11.5 Å². The minimum atomic E-state index is -0.622. The zero-order valence-corrected chi connectivity index (χ0v) is 25.4. The van der Waals surface area contributed by atoms with E-state index in [1.165, 1.54) is 19.6 Å². The van der Waals surface area contributed by atoms with Crippen molar-refractivity contribution in [1.29, 1.82) is 0 Å². The zero-order valence-electron chi connectivity index (χ0n) is 25.4. The second-order valence-electron chi connectivity index (χ2n) is 15.8. The van der Waals surface area contributed by atoms with E-state index in [9.17, 15) is 14.7 Å². The molecule has 214 valence electrons. The highest BCUT2D eigenvalue weighted by atomic mass is 16.5. The van der Waals surface area contributed by atoms with Crippen molar-refractivity contribution in [3.63, 3.8) is 0 Å². The van der Waals surface area contributed by atoms with Crippen molar-refractivity contribution in [3.8, 4) is 0 Å². The van der Waals surface area contributed by atoms with Crippen molar-refractivity contribution < 1.29 is 24.2 Å². The normalized spacial score (nSPS) is 48.8. The van der Waals surface area contributed by atoms with Crippen LogP contribution < -0.4 is 0 Å². The van der Waals surface area contributed by atoms with Gasteiger partial charge in [0, 0.05) is 18.3 Å². The van der Waals surface area contributed by atoms with Gasteiger partial charge in [-0.1, -0.05) is 60.1 Å². The maximum absolute atomic E-state index is 13.4. The molecule has 0 saturated heterocycles. The third kappa shape index (κ3) is 3.45. The highest BCUT2D eigenvalue weighted by Crippen LogP contribution is 2.75. The molecule has 5 nitrogen and oxygen atoms in total. The first-order valence-corrected chi connectivity index (χ1v) is 15.2. The molecule has 0 heterocycles. The first-order valence-electron chi connectivity index (χ1n) is 15.2. The molecule has 0 aromatic carbocycles. The highest BCUT2D eigenvalue weighted by molar-refractivity contribution is 5.79. The number of hydrogen-bond donors (Lipinski definition) is 1. The molecule has 4 saturated carbocycles. The van der Waals surface area contributed by atoms with Crippen molar-refractivity contribution in [2.75, 3.05) is 7.11 Å². The molecule has 4 fully saturated rings. The summed E-state index contributed by atoms with van der Waals surface area (Å²) >= 11 is 0. The maximum atomic E-state index is 13.4. The van der Waals surface area contributed by atoms with E-state index in [-0.39, 0.29) is 51.0 Å². The molecule has 0 unspecified atom stereocenters. The Morgan fingerprint density at radius 1 is 0.895 bits per heavy atom. The minimum Gasteiger partial charge on any atom is -0.469 e. The van der Waals surface area contributed by atoms with Crippen LogP contribution >= 0.6 is 0 Å². The molecule has 1 N–H and O–H groups in total. The van der Waals surface area contributed by atoms with Gasteiger partial charge in [0.25, 0.3) is 0 Å². The van der Waals surface area contributed by atoms with E-state index in [0.29, 0.717) is 11.8 Å². The fraction of sp³-hybridized carbons (Fsp3) is 0.879. The number of carbonyl (C=O) groups is 2. The van der Waals surface area contributed by atoms with Gasteiger partial charge in [0.2, 0.25) is 0 Å². The average Bonchev–Trinajstić information content (AvgIpc) is 2.83. The first-order chi connectivity index (χ1) is 17.5. The van der Waals surface area contributed by atoms with E-state index in [1.807, 2.05) is 0 Å². The Labute approximate surface area is 230 Å². The topological polar surface area (TPSA) is 72.8 Å². The summed E-state index contributed by atoms with van der Waals surface area (Å²) in [6.07, 6.45) is 10.5. The number of fused-ring (bicyclic) bond motifs is 7. The zero-order chi connectivity index (χ0) is 28.1. The summed E-state index contributed by atoms with van der Waals surface area (Å²) in [6, 6.07) is 0. The van der Waals surface area contributed by atoms with E-state index in [2.05, 4.69) is 54.5 Å². The Morgan fingerprint density at radius 3 is 2.18 bits per heavy atom. The van der Waals surface area contributed by atoms with Crippen LogP contribution in [-0.4, -0.2) is 36.4 Å². The van der Waals surface area contributed by atoms with Crippen LogP contribution in [-0.2, 0) is 19.1 Å². The molecule has 5 aliphatic rings. The SMILES string of the molecule is COC(=O)[C@]12CCC(C)(C)[C@H](O)[C@H]1C1=CC[C@@H]3[C@@]4(C)CC[C@H](OC(C)=O)C(C)(C)[C@@H]4CC[C@@]3(C)[C@]1(C)CC2. The predicted molar refractivity (Wildman–Crippen MR) is 148 cm³/mol. The molecule has 0 spiro atoms. The summed E-state index contributed by atoms with van der Waals surface area (Å²) in [5.41, 5.74) is 0.572. The minimum absolute atomic E-state index is 0.0253. The summed E-state index contributed by atoms with van der Waals surface area (Å²) in [6.45, 7) is 18.0. The fourth-order valence-electron chi connectivity index (χ4n) is 11.2. The Hall–Kier alpha value is -1.36. The lowest BCUT2D eigenvalue weighted by Gasteiger charge is -2.71. The summed E-state index contributed by atoms with van der Waals surface area (Å²) in [5, 5.41) is 11.9. The Balaban J connectivity index is 1.58. The lowest BCUT2D eigenvalue weighted by atomic mass is 9.33. The molecule has 0 aromatic heterocycles. The number of rotatable bonds is 2. The molecule has 0 aromatic rings. The van der Waals surface area contributed by atoms with Crippen LogP contribution in [0.4, 0.5) is 0 Å². The second-order valence-corrected chi connectivity index (χ2v) is 15.8. The van der Waals surface area contributed by atoms with E-state index in [4.69, 9.17) is 9.47 Å². The molecule has 0 radical (unpaired) electrons. The maximum Gasteiger partial charge on any atom is 0.312 e. The summed E-state index contributed by atoms with van der Waals surface area (Å²) in [4.78, 5) is 25.4. The van der Waals surface area contributed by atoms with Crippen LogP contribution in [0.2, 0.25) is 0 Å². The van der Waals surface area contributed by atoms with Gasteiger partial charge in [0.15, 0.2) is 0 Å². The summed E-state index contributed by atoms with van der Waals surface area (Å²) in [5.74, 6) is 0.516. The van der Waals surface area contributed by atoms with Crippen LogP contribution in [0, 0.1) is 50.2 Å². The highest BCUT2D eigenvalue weighted by Gasteiger charge is 2.70. The second kappa shape index (κ2) is 8.57. The van der Waals surface area contributed by atoms with Crippen LogP contribution in [0.3, 0.4) is 0 Å². The van der Waals surface area contributed by atoms with Gasteiger partial charge in [-0.25, -0.2) is 0 Å².